The molecule has 0 fully saturated rings. The van der Waals surface area contributed by atoms with Gasteiger partial charge in [0.25, 0.3) is 10.0 Å². The SMILES string of the molecule is O=Cc1cn(S(=O)(=O)c2cccc(C(F)(F)F)c2)c2cc(Br)ccc12. The van der Waals surface area contributed by atoms with Gasteiger partial charge in [0, 0.05) is 21.6 Å². The molecular formula is C16H9BrF3NO3S. The van der Waals surface area contributed by atoms with Crippen molar-refractivity contribution >= 4 is 43.1 Å². The molecule has 0 atom stereocenters. The molecule has 0 spiro atoms. The summed E-state index contributed by atoms with van der Waals surface area (Å²) in [7, 11) is -4.32. The molecule has 3 aromatic rings. The number of nitrogens with zero attached hydrogens (tertiary/aromatic N) is 1. The molecular weight excluding hydrogens is 423 g/mol. The van der Waals surface area contributed by atoms with Gasteiger partial charge in [0.15, 0.2) is 6.29 Å². The van der Waals surface area contributed by atoms with Gasteiger partial charge in [-0.1, -0.05) is 28.1 Å². The van der Waals surface area contributed by atoms with Gasteiger partial charge in [-0.3, -0.25) is 4.79 Å². The summed E-state index contributed by atoms with van der Waals surface area (Å²) in [5, 5.41) is 0.383. The van der Waals surface area contributed by atoms with Gasteiger partial charge >= 0.3 is 6.18 Å². The molecule has 0 saturated heterocycles. The third-order valence-corrected chi connectivity index (χ3v) is 5.77. The normalized spacial score (nSPS) is 12.5. The van der Waals surface area contributed by atoms with Crippen LogP contribution in [0.4, 0.5) is 13.2 Å². The fourth-order valence-electron chi connectivity index (χ4n) is 2.44. The van der Waals surface area contributed by atoms with Crippen molar-refractivity contribution in [3.8, 4) is 0 Å². The summed E-state index contributed by atoms with van der Waals surface area (Å²) in [6.45, 7) is 0. The lowest BCUT2D eigenvalue weighted by molar-refractivity contribution is -0.137. The summed E-state index contributed by atoms with van der Waals surface area (Å²) in [4.78, 5) is 10.7. The third kappa shape index (κ3) is 3.09. The molecule has 0 N–H and O–H groups in total. The number of aldehydes is 1. The Labute approximate surface area is 149 Å². The fraction of sp³-hybridized carbons (Fsp3) is 0.0625. The molecule has 0 saturated carbocycles. The predicted molar refractivity (Wildman–Crippen MR) is 89.1 cm³/mol. The Bertz CT molecular complexity index is 1090. The highest BCUT2D eigenvalue weighted by Gasteiger charge is 2.32. The zero-order chi connectivity index (χ0) is 18.4. The molecule has 1 aromatic heterocycles. The van der Waals surface area contributed by atoms with E-state index in [1.165, 1.54) is 6.07 Å². The van der Waals surface area contributed by atoms with Crippen LogP contribution in [0.1, 0.15) is 15.9 Å². The summed E-state index contributed by atoms with van der Waals surface area (Å²) < 4.78 is 65.6. The number of alkyl halides is 3. The van der Waals surface area contributed by atoms with Crippen molar-refractivity contribution in [3.63, 3.8) is 0 Å². The standard InChI is InChI=1S/C16H9BrF3NO3S/c17-12-4-5-14-10(9-22)8-21(15(14)7-12)25(23,24)13-3-1-2-11(6-13)16(18,19)20/h1-9H. The zero-order valence-corrected chi connectivity index (χ0v) is 14.7. The van der Waals surface area contributed by atoms with Crippen LogP contribution in [0.3, 0.4) is 0 Å². The van der Waals surface area contributed by atoms with E-state index in [2.05, 4.69) is 15.9 Å². The molecule has 0 unspecified atom stereocenters. The molecule has 0 aliphatic carbocycles. The first kappa shape index (κ1) is 17.7. The maximum atomic E-state index is 12.9. The number of hydrogen-bond donors (Lipinski definition) is 0. The van der Waals surface area contributed by atoms with Gasteiger partial charge in [0.05, 0.1) is 16.0 Å². The second-order valence-electron chi connectivity index (χ2n) is 5.19. The lowest BCUT2D eigenvalue weighted by Crippen LogP contribution is -2.13. The minimum absolute atomic E-state index is 0.123. The van der Waals surface area contributed by atoms with Crippen molar-refractivity contribution in [3.05, 3.63) is 64.3 Å². The van der Waals surface area contributed by atoms with Gasteiger partial charge in [0.2, 0.25) is 0 Å². The number of aromatic nitrogens is 1. The monoisotopic (exact) mass is 431 g/mol. The van der Waals surface area contributed by atoms with E-state index in [9.17, 15) is 26.4 Å². The Morgan fingerprint density at radius 1 is 1.08 bits per heavy atom. The fourth-order valence-corrected chi connectivity index (χ4v) is 4.20. The number of fused-ring (bicyclic) bond motifs is 1. The van der Waals surface area contributed by atoms with Crippen molar-refractivity contribution in [1.82, 2.24) is 3.97 Å². The average Bonchev–Trinajstić information content (AvgIpc) is 2.92. The van der Waals surface area contributed by atoms with E-state index in [-0.39, 0.29) is 11.1 Å². The summed E-state index contributed by atoms with van der Waals surface area (Å²) in [5.41, 5.74) is -0.756. The van der Waals surface area contributed by atoms with Crippen LogP contribution in [0.5, 0.6) is 0 Å². The topological polar surface area (TPSA) is 56.1 Å². The maximum Gasteiger partial charge on any atom is 0.416 e. The number of carbonyl (C=O) groups excluding carboxylic acids is 1. The zero-order valence-electron chi connectivity index (χ0n) is 12.3. The number of hydrogen-bond acceptors (Lipinski definition) is 3. The molecule has 4 nitrogen and oxygen atoms in total. The van der Waals surface area contributed by atoms with Crippen LogP contribution in [0.25, 0.3) is 10.9 Å². The second-order valence-corrected chi connectivity index (χ2v) is 7.92. The molecule has 9 heteroatoms. The van der Waals surface area contributed by atoms with Crippen molar-refractivity contribution in [2.24, 2.45) is 0 Å². The largest absolute Gasteiger partial charge is 0.416 e. The van der Waals surface area contributed by atoms with Gasteiger partial charge in [-0.2, -0.15) is 13.2 Å². The Morgan fingerprint density at radius 3 is 2.44 bits per heavy atom. The first-order chi connectivity index (χ1) is 11.6. The maximum absolute atomic E-state index is 12.9. The second kappa shape index (κ2) is 5.99. The van der Waals surface area contributed by atoms with E-state index < -0.39 is 26.7 Å². The Kier molecular flexibility index (Phi) is 4.24. The Morgan fingerprint density at radius 2 is 1.80 bits per heavy atom. The minimum atomic E-state index is -4.67. The van der Waals surface area contributed by atoms with E-state index in [0.29, 0.717) is 22.2 Å². The van der Waals surface area contributed by atoms with Gasteiger partial charge < -0.3 is 0 Å². The first-order valence-electron chi connectivity index (χ1n) is 6.83. The highest BCUT2D eigenvalue weighted by Crippen LogP contribution is 2.32. The van der Waals surface area contributed by atoms with E-state index in [4.69, 9.17) is 0 Å². The quantitative estimate of drug-likeness (QED) is 0.574. The van der Waals surface area contributed by atoms with Crippen LogP contribution in [0.15, 0.2) is 58.0 Å². The van der Waals surface area contributed by atoms with Crippen molar-refractivity contribution in [2.75, 3.05) is 0 Å². The Hall–Kier alpha value is -2.13. The van der Waals surface area contributed by atoms with Gasteiger partial charge in [-0.05, 0) is 30.3 Å². The molecule has 130 valence electrons. The van der Waals surface area contributed by atoms with Gasteiger partial charge in [-0.25, -0.2) is 12.4 Å². The minimum Gasteiger partial charge on any atom is -0.298 e. The molecule has 0 amide bonds. The van der Waals surface area contributed by atoms with Crippen LogP contribution in [0, 0.1) is 0 Å². The number of benzene rings is 2. The molecule has 3 rings (SSSR count). The summed E-state index contributed by atoms with van der Waals surface area (Å²) in [6.07, 6.45) is -3.07. The van der Waals surface area contributed by atoms with Crippen LogP contribution in [-0.4, -0.2) is 18.7 Å². The number of rotatable bonds is 3. The van der Waals surface area contributed by atoms with Crippen molar-refractivity contribution in [1.29, 1.82) is 0 Å². The highest BCUT2D eigenvalue weighted by atomic mass is 79.9. The van der Waals surface area contributed by atoms with E-state index in [0.717, 1.165) is 28.4 Å². The Balaban J connectivity index is 2.27. The number of carbonyl (C=O) groups is 1. The third-order valence-electron chi connectivity index (χ3n) is 3.61. The molecule has 2 aromatic carbocycles. The van der Waals surface area contributed by atoms with E-state index in [1.807, 2.05) is 0 Å². The highest BCUT2D eigenvalue weighted by molar-refractivity contribution is 9.10. The molecule has 0 radical (unpaired) electrons. The van der Waals surface area contributed by atoms with Crippen molar-refractivity contribution in [2.45, 2.75) is 11.1 Å². The summed E-state index contributed by atoms with van der Waals surface area (Å²) >= 11 is 3.21. The smallest absolute Gasteiger partial charge is 0.298 e. The molecule has 0 aliphatic rings. The van der Waals surface area contributed by atoms with Crippen molar-refractivity contribution < 1.29 is 26.4 Å². The summed E-state index contributed by atoms with van der Waals surface area (Å²) in [6, 6.07) is 8.14. The van der Waals surface area contributed by atoms with Crippen LogP contribution in [0.2, 0.25) is 0 Å². The lowest BCUT2D eigenvalue weighted by atomic mass is 10.2. The molecule has 0 bridgehead atoms. The van der Waals surface area contributed by atoms with E-state index in [1.54, 1.807) is 12.1 Å². The summed E-state index contributed by atoms with van der Waals surface area (Å²) in [5.74, 6) is 0. The predicted octanol–water partition coefficient (Wildman–Crippen LogP) is 4.47. The van der Waals surface area contributed by atoms with Gasteiger partial charge in [-0.15, -0.1) is 0 Å². The van der Waals surface area contributed by atoms with Gasteiger partial charge in [0.1, 0.15) is 0 Å². The van der Waals surface area contributed by atoms with Crippen LogP contribution < -0.4 is 0 Å². The number of halogens is 4. The molecule has 1 heterocycles. The van der Waals surface area contributed by atoms with Crippen LogP contribution in [-0.2, 0) is 16.2 Å². The molecule has 0 aliphatic heterocycles. The molecule has 25 heavy (non-hydrogen) atoms. The van der Waals surface area contributed by atoms with E-state index >= 15 is 0 Å². The van der Waals surface area contributed by atoms with Crippen LogP contribution >= 0.6 is 15.9 Å². The first-order valence-corrected chi connectivity index (χ1v) is 9.06. The lowest BCUT2D eigenvalue weighted by Gasteiger charge is -2.11. The average molecular weight is 432 g/mol.